The molecule has 4 atom stereocenters. The van der Waals surface area contributed by atoms with E-state index in [0.29, 0.717) is 24.8 Å². The van der Waals surface area contributed by atoms with Crippen molar-refractivity contribution in [3.8, 4) is 0 Å². The van der Waals surface area contributed by atoms with Gasteiger partial charge in [0.05, 0.1) is 23.5 Å². The monoisotopic (exact) mass is 365 g/mol. The molecule has 7 heteroatoms. The lowest BCUT2D eigenvalue weighted by Gasteiger charge is -2.43. The van der Waals surface area contributed by atoms with Gasteiger partial charge < -0.3 is 21.7 Å². The molecule has 0 heterocycles. The zero-order valence-electron chi connectivity index (χ0n) is 14.6. The molecule has 2 amide bonds. The molecule has 1 aliphatic carbocycles. The molecular weight excluding hydrogens is 339 g/mol. The van der Waals surface area contributed by atoms with Gasteiger partial charge in [-0.05, 0) is 49.8 Å². The fourth-order valence-corrected chi connectivity index (χ4v) is 3.83. The van der Waals surface area contributed by atoms with Crippen LogP contribution < -0.4 is 11.5 Å². The number of hydrogen-bond donors (Lipinski definition) is 4. The van der Waals surface area contributed by atoms with Gasteiger partial charge in [-0.25, -0.2) is 4.39 Å². The number of amides is 2. The largest absolute Gasteiger partial charge is 0.393 e. The average Bonchev–Trinajstić information content (AvgIpc) is 2.57. The number of rotatable bonds is 8. The van der Waals surface area contributed by atoms with E-state index < -0.39 is 35.4 Å². The summed E-state index contributed by atoms with van der Waals surface area (Å²) in [4.78, 5) is 23.7. The Kier molecular flexibility index (Phi) is 6.72. The molecule has 0 saturated heterocycles. The first-order valence-corrected chi connectivity index (χ1v) is 8.81. The van der Waals surface area contributed by atoms with Gasteiger partial charge in [0, 0.05) is 0 Å². The Labute approximate surface area is 152 Å². The van der Waals surface area contributed by atoms with Crippen molar-refractivity contribution in [2.45, 2.75) is 50.2 Å². The molecule has 1 aromatic rings. The topological polar surface area (TPSA) is 127 Å². The van der Waals surface area contributed by atoms with Gasteiger partial charge in [-0.3, -0.25) is 9.59 Å². The minimum absolute atomic E-state index is 0.120. The number of aliphatic hydroxyl groups is 2. The van der Waals surface area contributed by atoms with E-state index in [9.17, 15) is 24.2 Å². The third-order valence-corrected chi connectivity index (χ3v) is 5.21. The molecule has 0 aliphatic heterocycles. The molecule has 0 bridgehead atoms. The van der Waals surface area contributed by atoms with Crippen LogP contribution in [0.3, 0.4) is 0 Å². The van der Waals surface area contributed by atoms with Crippen LogP contribution in [0.25, 0.3) is 0 Å². The van der Waals surface area contributed by atoms with Crippen LogP contribution in [0.15, 0.2) is 24.3 Å². The average molecular weight is 365 g/mol. The molecule has 2 rings (SSSR count). The third kappa shape index (κ3) is 4.80. The predicted molar refractivity (Wildman–Crippen MR) is 93.8 cm³/mol. The van der Waals surface area contributed by atoms with Crippen LogP contribution in [-0.4, -0.2) is 33.7 Å². The smallest absolute Gasteiger partial charge is 0.223 e. The first-order chi connectivity index (χ1) is 12.2. The Morgan fingerprint density at radius 2 is 2.08 bits per heavy atom. The highest BCUT2D eigenvalue weighted by Gasteiger charge is 2.50. The first-order valence-electron chi connectivity index (χ1n) is 8.81. The van der Waals surface area contributed by atoms with E-state index >= 15 is 0 Å². The summed E-state index contributed by atoms with van der Waals surface area (Å²) >= 11 is 0. The normalized spacial score (nSPS) is 25.4. The number of benzene rings is 1. The number of carbonyl (C=O) groups excluding carboxylic acids is 2. The lowest BCUT2D eigenvalue weighted by molar-refractivity contribution is -0.154. The van der Waals surface area contributed by atoms with Gasteiger partial charge >= 0.3 is 0 Å². The second-order valence-corrected chi connectivity index (χ2v) is 7.02. The van der Waals surface area contributed by atoms with Crippen LogP contribution in [0.1, 0.15) is 37.7 Å². The summed E-state index contributed by atoms with van der Waals surface area (Å²) in [5.41, 5.74) is 9.89. The van der Waals surface area contributed by atoms with Gasteiger partial charge in [-0.1, -0.05) is 25.0 Å². The molecule has 4 unspecified atom stereocenters. The number of halogens is 1. The highest BCUT2D eigenvalue weighted by Crippen LogP contribution is 2.41. The molecule has 0 aromatic heterocycles. The molecular formula is C19H26FN2O4. The summed E-state index contributed by atoms with van der Waals surface area (Å²) in [6.45, 7) is 0. The highest BCUT2D eigenvalue weighted by atomic mass is 19.1. The zero-order valence-corrected chi connectivity index (χ0v) is 14.6. The first kappa shape index (κ1) is 20.3. The van der Waals surface area contributed by atoms with E-state index in [1.54, 1.807) is 12.1 Å². The van der Waals surface area contributed by atoms with Gasteiger partial charge in [-0.15, -0.1) is 0 Å². The van der Waals surface area contributed by atoms with E-state index in [-0.39, 0.29) is 18.7 Å². The summed E-state index contributed by atoms with van der Waals surface area (Å²) < 4.78 is 13.2. The molecule has 1 saturated carbocycles. The number of nitrogens with two attached hydrogens (primary N) is 2. The molecule has 143 valence electrons. The Hall–Kier alpha value is -1.99. The molecule has 1 fully saturated rings. The van der Waals surface area contributed by atoms with Gasteiger partial charge in [-0.2, -0.15) is 0 Å². The van der Waals surface area contributed by atoms with E-state index in [1.807, 2.05) is 0 Å². The Morgan fingerprint density at radius 1 is 1.35 bits per heavy atom. The zero-order chi connectivity index (χ0) is 19.3. The maximum absolute atomic E-state index is 13.2. The summed E-state index contributed by atoms with van der Waals surface area (Å²) in [6.07, 6.45) is 2.64. The maximum atomic E-state index is 13.2. The van der Waals surface area contributed by atoms with Crippen LogP contribution in [0.2, 0.25) is 0 Å². The Balaban J connectivity index is 2.06. The lowest BCUT2D eigenvalue weighted by Crippen LogP contribution is -2.56. The lowest BCUT2D eigenvalue weighted by atomic mass is 9.66. The molecule has 26 heavy (non-hydrogen) atoms. The van der Waals surface area contributed by atoms with E-state index in [1.165, 1.54) is 18.6 Å². The second-order valence-electron chi connectivity index (χ2n) is 7.02. The van der Waals surface area contributed by atoms with Crippen LogP contribution in [0.5, 0.6) is 0 Å². The van der Waals surface area contributed by atoms with E-state index in [0.717, 1.165) is 6.42 Å². The highest BCUT2D eigenvalue weighted by molar-refractivity contribution is 5.82. The summed E-state index contributed by atoms with van der Waals surface area (Å²) in [6, 6.07) is 5.97. The van der Waals surface area contributed by atoms with Crippen LogP contribution in [0.4, 0.5) is 4.39 Å². The van der Waals surface area contributed by atoms with E-state index in [4.69, 9.17) is 11.5 Å². The van der Waals surface area contributed by atoms with Crippen molar-refractivity contribution in [3.63, 3.8) is 0 Å². The third-order valence-electron chi connectivity index (χ3n) is 5.21. The SMILES string of the molecule is NC(=O)C1CCCCC1(O)C(CC(O)[CH]Cc1cccc(F)c1)C(N)=O. The van der Waals surface area contributed by atoms with Crippen LogP contribution >= 0.6 is 0 Å². The van der Waals surface area contributed by atoms with E-state index in [2.05, 4.69) is 0 Å². The number of primary amides is 2. The number of carbonyl (C=O) groups is 2. The minimum atomic E-state index is -1.65. The standard InChI is InChI=1S/C19H26FN2O4/c20-13-5-3-4-12(10-13)7-8-14(23)11-16(18(22)25)19(26)9-2-1-6-15(19)17(21)24/h3-5,8,10,14-16,23,26H,1-2,6-7,9,11H2,(H2,21,24)(H2,22,25). The van der Waals surface area contributed by atoms with Crippen molar-refractivity contribution < 1.29 is 24.2 Å². The van der Waals surface area contributed by atoms with Crippen molar-refractivity contribution in [1.82, 2.24) is 0 Å². The summed E-state index contributed by atoms with van der Waals surface area (Å²) in [5.74, 6) is -3.79. The number of hydrogen-bond acceptors (Lipinski definition) is 4. The van der Waals surface area contributed by atoms with Crippen molar-refractivity contribution in [3.05, 3.63) is 42.1 Å². The Bertz CT molecular complexity index is 654. The Morgan fingerprint density at radius 3 is 2.69 bits per heavy atom. The fourth-order valence-electron chi connectivity index (χ4n) is 3.83. The van der Waals surface area contributed by atoms with Gasteiger partial charge in [0.15, 0.2) is 0 Å². The second kappa shape index (κ2) is 8.60. The van der Waals surface area contributed by atoms with Crippen molar-refractivity contribution in [2.75, 3.05) is 0 Å². The molecule has 0 spiro atoms. The van der Waals surface area contributed by atoms with Crippen molar-refractivity contribution in [2.24, 2.45) is 23.3 Å². The fraction of sp³-hybridized carbons (Fsp3) is 0.526. The van der Waals surface area contributed by atoms with Crippen LogP contribution in [-0.2, 0) is 16.0 Å². The van der Waals surface area contributed by atoms with Crippen molar-refractivity contribution in [1.29, 1.82) is 0 Å². The summed E-state index contributed by atoms with van der Waals surface area (Å²) in [5, 5.41) is 21.3. The predicted octanol–water partition coefficient (Wildman–Crippen LogP) is 0.832. The molecule has 6 N–H and O–H groups in total. The summed E-state index contributed by atoms with van der Waals surface area (Å²) in [7, 11) is 0. The molecule has 1 aliphatic rings. The van der Waals surface area contributed by atoms with Gasteiger partial charge in [0.2, 0.25) is 11.8 Å². The van der Waals surface area contributed by atoms with Gasteiger partial charge in [0.1, 0.15) is 5.82 Å². The van der Waals surface area contributed by atoms with Crippen molar-refractivity contribution >= 4 is 11.8 Å². The van der Waals surface area contributed by atoms with Crippen LogP contribution in [0, 0.1) is 24.1 Å². The maximum Gasteiger partial charge on any atom is 0.223 e. The molecule has 1 radical (unpaired) electrons. The molecule has 6 nitrogen and oxygen atoms in total. The minimum Gasteiger partial charge on any atom is -0.393 e. The molecule has 1 aromatic carbocycles. The number of aliphatic hydroxyl groups excluding tert-OH is 1. The van der Waals surface area contributed by atoms with Gasteiger partial charge in [0.25, 0.3) is 0 Å². The quantitative estimate of drug-likeness (QED) is 0.544.